The predicted octanol–water partition coefficient (Wildman–Crippen LogP) is 4.84. The van der Waals surface area contributed by atoms with Gasteiger partial charge in [-0.1, -0.05) is 35.9 Å². The maximum absolute atomic E-state index is 13.1. The zero-order valence-corrected chi connectivity index (χ0v) is 20.9. The highest BCUT2D eigenvalue weighted by Crippen LogP contribution is 2.29. The summed E-state index contributed by atoms with van der Waals surface area (Å²) in [5, 5.41) is 8.88. The van der Waals surface area contributed by atoms with Gasteiger partial charge in [-0.15, -0.1) is 0 Å². The summed E-state index contributed by atoms with van der Waals surface area (Å²) in [5.41, 5.74) is 6.42. The number of aromatic nitrogens is 4. The first-order valence-electron chi connectivity index (χ1n) is 12.1. The highest BCUT2D eigenvalue weighted by atomic mass is 16.6. The van der Waals surface area contributed by atoms with E-state index in [1.54, 1.807) is 4.68 Å². The second-order valence-corrected chi connectivity index (χ2v) is 9.63. The first kappa shape index (κ1) is 23.0. The van der Waals surface area contributed by atoms with Crippen LogP contribution in [-0.4, -0.2) is 55.6 Å². The lowest BCUT2D eigenvalue weighted by molar-refractivity contribution is 0.0412. The van der Waals surface area contributed by atoms with Crippen LogP contribution in [0.4, 0.5) is 10.5 Å². The van der Waals surface area contributed by atoms with E-state index in [1.165, 1.54) is 5.56 Å². The molecule has 3 aromatic heterocycles. The van der Waals surface area contributed by atoms with E-state index >= 15 is 0 Å². The summed E-state index contributed by atoms with van der Waals surface area (Å²) < 4.78 is 9.56. The SMILES string of the molecule is Cc1ccc([C@@H](C)OC(=O)N2[C@@H](C)CN(c3cnn4cc(-c5cnn(C)c5)ccc34)C[C@@H]2C)cc1. The van der Waals surface area contributed by atoms with E-state index in [4.69, 9.17) is 4.74 Å². The maximum atomic E-state index is 13.1. The molecule has 0 spiro atoms. The number of carbonyl (C=O) groups is 1. The number of rotatable bonds is 4. The van der Waals surface area contributed by atoms with Crippen molar-refractivity contribution in [1.82, 2.24) is 24.3 Å². The Labute approximate surface area is 205 Å². The zero-order chi connectivity index (χ0) is 24.7. The van der Waals surface area contributed by atoms with Gasteiger partial charge in [-0.25, -0.2) is 9.31 Å². The van der Waals surface area contributed by atoms with Crippen LogP contribution in [0.15, 0.2) is 61.2 Å². The molecule has 0 radical (unpaired) electrons. The number of hydrogen-bond donors (Lipinski definition) is 0. The number of anilines is 1. The smallest absolute Gasteiger partial charge is 0.410 e. The summed E-state index contributed by atoms with van der Waals surface area (Å²) >= 11 is 0. The number of pyridine rings is 1. The molecule has 5 rings (SSSR count). The Morgan fingerprint density at radius 1 is 0.971 bits per heavy atom. The molecule has 1 aromatic carbocycles. The van der Waals surface area contributed by atoms with E-state index in [0.717, 1.165) is 27.9 Å². The van der Waals surface area contributed by atoms with Gasteiger partial charge in [-0.05, 0) is 39.3 Å². The van der Waals surface area contributed by atoms with Crippen LogP contribution in [0.25, 0.3) is 16.6 Å². The van der Waals surface area contributed by atoms with Gasteiger partial charge in [-0.2, -0.15) is 10.2 Å². The number of nitrogens with zero attached hydrogens (tertiary/aromatic N) is 6. The fraction of sp³-hybridized carbons (Fsp3) is 0.370. The summed E-state index contributed by atoms with van der Waals surface area (Å²) in [6.07, 6.45) is 7.23. The normalized spacial score (nSPS) is 19.2. The summed E-state index contributed by atoms with van der Waals surface area (Å²) in [5.74, 6) is 0. The van der Waals surface area contributed by atoms with E-state index in [1.807, 2.05) is 79.4 Å². The molecule has 0 bridgehead atoms. The molecule has 8 nitrogen and oxygen atoms in total. The summed E-state index contributed by atoms with van der Waals surface area (Å²) in [6, 6.07) is 12.3. The molecule has 1 fully saturated rings. The maximum Gasteiger partial charge on any atom is 0.410 e. The number of ether oxygens (including phenoxy) is 1. The number of fused-ring (bicyclic) bond motifs is 1. The third-order valence-corrected chi connectivity index (χ3v) is 6.83. The van der Waals surface area contributed by atoms with Crippen molar-refractivity contribution in [2.45, 2.75) is 45.9 Å². The average molecular weight is 473 g/mol. The van der Waals surface area contributed by atoms with Gasteiger partial charge < -0.3 is 9.64 Å². The molecule has 4 aromatic rings. The summed E-state index contributed by atoms with van der Waals surface area (Å²) in [4.78, 5) is 17.3. The molecule has 8 heteroatoms. The fourth-order valence-corrected chi connectivity index (χ4v) is 4.95. The van der Waals surface area contributed by atoms with E-state index < -0.39 is 0 Å². The summed E-state index contributed by atoms with van der Waals surface area (Å²) in [7, 11) is 1.91. The van der Waals surface area contributed by atoms with Gasteiger partial charge in [0.05, 0.1) is 35.7 Å². The predicted molar refractivity (Wildman–Crippen MR) is 136 cm³/mol. The van der Waals surface area contributed by atoms with Crippen LogP contribution in [0.2, 0.25) is 0 Å². The number of amides is 1. The second kappa shape index (κ2) is 9.09. The topological polar surface area (TPSA) is 67.9 Å². The molecule has 4 heterocycles. The number of benzene rings is 1. The number of aryl methyl sites for hydroxylation is 2. The van der Waals surface area contributed by atoms with Gasteiger partial charge in [0.25, 0.3) is 0 Å². The Morgan fingerprint density at radius 3 is 2.34 bits per heavy atom. The monoisotopic (exact) mass is 472 g/mol. The molecule has 182 valence electrons. The molecule has 35 heavy (non-hydrogen) atoms. The van der Waals surface area contributed by atoms with Crippen molar-refractivity contribution < 1.29 is 9.53 Å². The molecule has 1 saturated heterocycles. The van der Waals surface area contributed by atoms with Gasteiger partial charge in [0.2, 0.25) is 0 Å². The molecular formula is C27H32N6O2. The van der Waals surface area contributed by atoms with Crippen molar-refractivity contribution in [3.05, 3.63) is 72.3 Å². The molecule has 0 saturated carbocycles. The molecule has 1 aliphatic rings. The van der Waals surface area contributed by atoms with Crippen LogP contribution in [0.3, 0.4) is 0 Å². The zero-order valence-electron chi connectivity index (χ0n) is 20.9. The Kier molecular flexibility index (Phi) is 5.96. The van der Waals surface area contributed by atoms with Crippen molar-refractivity contribution in [3.8, 4) is 11.1 Å². The lowest BCUT2D eigenvalue weighted by Crippen LogP contribution is -2.59. The van der Waals surface area contributed by atoms with Gasteiger partial charge in [-0.3, -0.25) is 9.58 Å². The fourth-order valence-electron chi connectivity index (χ4n) is 4.95. The van der Waals surface area contributed by atoms with Crippen LogP contribution < -0.4 is 4.90 Å². The molecule has 3 atom stereocenters. The molecule has 0 N–H and O–H groups in total. The molecule has 1 aliphatic heterocycles. The third kappa shape index (κ3) is 4.48. The first-order valence-corrected chi connectivity index (χ1v) is 12.1. The van der Waals surface area contributed by atoms with Gasteiger partial charge in [0, 0.05) is 43.7 Å². The lowest BCUT2D eigenvalue weighted by atomic mass is 10.1. The van der Waals surface area contributed by atoms with E-state index in [2.05, 4.69) is 41.1 Å². The minimum Gasteiger partial charge on any atom is -0.441 e. The minimum atomic E-state index is -0.297. The molecule has 1 amide bonds. The van der Waals surface area contributed by atoms with Crippen molar-refractivity contribution in [3.63, 3.8) is 0 Å². The largest absolute Gasteiger partial charge is 0.441 e. The first-order chi connectivity index (χ1) is 16.8. The third-order valence-electron chi connectivity index (χ3n) is 6.83. The van der Waals surface area contributed by atoms with E-state index in [0.29, 0.717) is 13.1 Å². The van der Waals surface area contributed by atoms with Crippen LogP contribution in [0.1, 0.15) is 38.0 Å². The Morgan fingerprint density at radius 2 is 1.69 bits per heavy atom. The lowest BCUT2D eigenvalue weighted by Gasteiger charge is -2.44. The summed E-state index contributed by atoms with van der Waals surface area (Å²) in [6.45, 7) is 9.55. The van der Waals surface area contributed by atoms with Crippen LogP contribution in [0.5, 0.6) is 0 Å². The van der Waals surface area contributed by atoms with Gasteiger partial charge in [0.15, 0.2) is 0 Å². The second-order valence-electron chi connectivity index (χ2n) is 9.63. The Hall–Kier alpha value is -3.81. The Balaban J connectivity index is 1.30. The van der Waals surface area contributed by atoms with Crippen LogP contribution in [0, 0.1) is 6.92 Å². The van der Waals surface area contributed by atoms with Crippen LogP contribution in [-0.2, 0) is 11.8 Å². The van der Waals surface area contributed by atoms with Crippen LogP contribution >= 0.6 is 0 Å². The molecule has 0 unspecified atom stereocenters. The Bertz CT molecular complexity index is 1330. The van der Waals surface area contributed by atoms with Crippen molar-refractivity contribution in [2.75, 3.05) is 18.0 Å². The average Bonchev–Trinajstić information content (AvgIpc) is 3.44. The standard InChI is InChI=1S/C27H32N6O2/c1-18-6-8-22(9-7-18)21(4)35-27(34)33-19(2)14-31(15-20(33)3)26-13-29-32-17-23(10-11-25(26)32)24-12-28-30(5)16-24/h6-13,16-17,19-21H,14-15H2,1-5H3/t19-,20-,21+/m0/s1. The van der Waals surface area contributed by atoms with Crippen molar-refractivity contribution in [2.24, 2.45) is 7.05 Å². The van der Waals surface area contributed by atoms with E-state index in [9.17, 15) is 4.79 Å². The van der Waals surface area contributed by atoms with Gasteiger partial charge >= 0.3 is 6.09 Å². The van der Waals surface area contributed by atoms with E-state index in [-0.39, 0.29) is 24.3 Å². The quantitative estimate of drug-likeness (QED) is 0.425. The minimum absolute atomic E-state index is 0.00100. The number of hydrogen-bond acceptors (Lipinski definition) is 5. The highest BCUT2D eigenvalue weighted by Gasteiger charge is 2.35. The van der Waals surface area contributed by atoms with Crippen molar-refractivity contribution in [1.29, 1.82) is 0 Å². The number of carbonyl (C=O) groups excluding carboxylic acids is 1. The van der Waals surface area contributed by atoms with Crippen molar-refractivity contribution >= 4 is 17.3 Å². The highest BCUT2D eigenvalue weighted by molar-refractivity contribution is 5.76. The molecule has 0 aliphatic carbocycles. The molecular weight excluding hydrogens is 440 g/mol. The van der Waals surface area contributed by atoms with Gasteiger partial charge in [0.1, 0.15) is 6.10 Å². The number of piperazine rings is 1.